The molecule has 1 aromatic carbocycles. The first kappa shape index (κ1) is 14.7. The van der Waals surface area contributed by atoms with E-state index in [0.29, 0.717) is 22.9 Å². The topological polar surface area (TPSA) is 87.9 Å². The van der Waals surface area contributed by atoms with Crippen LogP contribution in [0.5, 0.6) is 0 Å². The molecule has 1 N–H and O–H groups in total. The summed E-state index contributed by atoms with van der Waals surface area (Å²) >= 11 is 0. The first-order valence-electron chi connectivity index (χ1n) is 7.58. The van der Waals surface area contributed by atoms with E-state index in [1.165, 1.54) is 12.0 Å². The predicted molar refractivity (Wildman–Crippen MR) is 81.0 cm³/mol. The molecule has 1 fully saturated rings. The molecule has 2 aliphatic rings. The number of nitrogens with zero attached hydrogens (tertiary/aromatic N) is 4. The van der Waals surface area contributed by atoms with Crippen molar-refractivity contribution in [3.63, 3.8) is 0 Å². The number of fused-ring (bicyclic) bond motifs is 4. The Morgan fingerprint density at radius 3 is 2.83 bits per heavy atom. The molecule has 0 radical (unpaired) electrons. The third-order valence-corrected chi connectivity index (χ3v) is 4.47. The highest BCUT2D eigenvalue weighted by Crippen LogP contribution is 2.42. The van der Waals surface area contributed by atoms with E-state index in [9.17, 15) is 14.8 Å². The molecule has 1 saturated heterocycles. The molecule has 1 aromatic heterocycles. The lowest BCUT2D eigenvalue weighted by Gasteiger charge is -2.27. The minimum Gasteiger partial charge on any atom is -0.467 e. The van der Waals surface area contributed by atoms with Gasteiger partial charge in [0.15, 0.2) is 6.04 Å². The zero-order valence-corrected chi connectivity index (χ0v) is 13.0. The fraction of sp³-hybridized carbons (Fsp3) is 0.312. The number of hydrogen-bond acceptors (Lipinski definition) is 5. The molecule has 4 rings (SSSR count). The van der Waals surface area contributed by atoms with Crippen molar-refractivity contribution in [2.24, 2.45) is 0 Å². The van der Waals surface area contributed by atoms with Crippen LogP contribution in [0.2, 0.25) is 0 Å². The number of amides is 2. The Balaban J connectivity index is 1.74. The van der Waals surface area contributed by atoms with Crippen LogP contribution in [0.4, 0.5) is 4.79 Å². The van der Waals surface area contributed by atoms with Gasteiger partial charge in [-0.15, -0.1) is 0 Å². The van der Waals surface area contributed by atoms with Crippen molar-refractivity contribution in [1.29, 1.82) is 0 Å². The minimum absolute atomic E-state index is 0.235. The second-order valence-corrected chi connectivity index (χ2v) is 5.87. The summed E-state index contributed by atoms with van der Waals surface area (Å²) in [6.07, 6.45) is 1.78. The lowest BCUT2D eigenvalue weighted by molar-refractivity contribution is -0.146. The maximum atomic E-state index is 12.2. The van der Waals surface area contributed by atoms with E-state index < -0.39 is 24.1 Å². The quantitative estimate of drug-likeness (QED) is 0.678. The van der Waals surface area contributed by atoms with Gasteiger partial charge in [-0.05, 0) is 5.56 Å². The van der Waals surface area contributed by atoms with E-state index in [1.54, 1.807) is 10.9 Å². The molecule has 124 valence electrons. The van der Waals surface area contributed by atoms with Gasteiger partial charge in [0.2, 0.25) is 0 Å². The SMILES string of the molecule is COC(=O)C1c2nn(Cc3ccccc3)cc2C2CN1C(=O)N2O. The number of carbonyl (C=O) groups excluding carboxylic acids is 2. The second kappa shape index (κ2) is 5.34. The number of hydroxylamine groups is 2. The minimum atomic E-state index is -0.928. The van der Waals surface area contributed by atoms with Crippen LogP contribution in [-0.4, -0.2) is 50.6 Å². The van der Waals surface area contributed by atoms with E-state index in [1.807, 2.05) is 30.3 Å². The summed E-state index contributed by atoms with van der Waals surface area (Å²) in [5.74, 6) is -0.566. The highest BCUT2D eigenvalue weighted by Gasteiger charge is 2.52. The Morgan fingerprint density at radius 2 is 2.12 bits per heavy atom. The molecule has 0 saturated carbocycles. The smallest absolute Gasteiger partial charge is 0.345 e. The average molecular weight is 328 g/mol. The number of rotatable bonds is 3. The van der Waals surface area contributed by atoms with E-state index in [4.69, 9.17) is 4.74 Å². The van der Waals surface area contributed by atoms with Gasteiger partial charge < -0.3 is 9.64 Å². The van der Waals surface area contributed by atoms with Gasteiger partial charge in [0, 0.05) is 11.8 Å². The van der Waals surface area contributed by atoms with Crippen LogP contribution < -0.4 is 0 Å². The number of benzene rings is 1. The average Bonchev–Trinajstić information content (AvgIpc) is 3.12. The standard InChI is InChI=1S/C16H16N4O4/c1-24-15(21)14-13-11(12-9-19(14)16(22)20(12)23)8-18(17-13)7-10-5-3-2-4-6-10/h2-6,8,12,14,23H,7,9H2,1H3. The van der Waals surface area contributed by atoms with Crippen molar-refractivity contribution in [3.05, 3.63) is 53.3 Å². The van der Waals surface area contributed by atoms with Crippen LogP contribution in [0.1, 0.15) is 28.9 Å². The zero-order chi connectivity index (χ0) is 16.8. The second-order valence-electron chi connectivity index (χ2n) is 5.87. The van der Waals surface area contributed by atoms with Crippen molar-refractivity contribution in [2.45, 2.75) is 18.6 Å². The van der Waals surface area contributed by atoms with Gasteiger partial charge in [-0.25, -0.2) is 9.59 Å². The molecule has 2 unspecified atom stereocenters. The highest BCUT2D eigenvalue weighted by atomic mass is 16.5. The number of urea groups is 1. The molecule has 2 aliphatic heterocycles. The number of aromatic nitrogens is 2. The summed E-state index contributed by atoms with van der Waals surface area (Å²) in [6, 6.07) is 7.73. The monoisotopic (exact) mass is 328 g/mol. The lowest BCUT2D eigenvalue weighted by atomic mass is 9.98. The molecule has 8 nitrogen and oxygen atoms in total. The van der Waals surface area contributed by atoms with Gasteiger partial charge >= 0.3 is 12.0 Å². The van der Waals surface area contributed by atoms with E-state index in [2.05, 4.69) is 5.10 Å². The van der Waals surface area contributed by atoms with Crippen LogP contribution in [0.3, 0.4) is 0 Å². The number of esters is 1. The Bertz CT molecular complexity index is 804. The first-order valence-corrected chi connectivity index (χ1v) is 7.58. The zero-order valence-electron chi connectivity index (χ0n) is 13.0. The Hall–Kier alpha value is -2.87. The van der Waals surface area contributed by atoms with Crippen molar-refractivity contribution in [2.75, 3.05) is 13.7 Å². The van der Waals surface area contributed by atoms with Crippen LogP contribution >= 0.6 is 0 Å². The van der Waals surface area contributed by atoms with E-state index >= 15 is 0 Å². The molecule has 2 atom stereocenters. The maximum Gasteiger partial charge on any atom is 0.345 e. The van der Waals surface area contributed by atoms with Gasteiger partial charge in [-0.2, -0.15) is 10.2 Å². The highest BCUT2D eigenvalue weighted by molar-refractivity contribution is 5.87. The molecule has 8 heteroatoms. The van der Waals surface area contributed by atoms with Gasteiger partial charge in [0.1, 0.15) is 11.7 Å². The first-order chi connectivity index (χ1) is 11.6. The van der Waals surface area contributed by atoms with Crippen molar-refractivity contribution < 1.29 is 19.5 Å². The fourth-order valence-electron chi connectivity index (χ4n) is 3.32. The van der Waals surface area contributed by atoms with Gasteiger partial charge in [0.05, 0.1) is 20.2 Å². The summed E-state index contributed by atoms with van der Waals surface area (Å²) < 4.78 is 6.54. The molecule has 3 heterocycles. The van der Waals surface area contributed by atoms with E-state index in [-0.39, 0.29) is 6.54 Å². The van der Waals surface area contributed by atoms with Gasteiger partial charge in [0.25, 0.3) is 0 Å². The molecule has 0 spiro atoms. The number of methoxy groups -OCH3 is 1. The van der Waals surface area contributed by atoms with Gasteiger partial charge in [-0.3, -0.25) is 9.89 Å². The predicted octanol–water partition coefficient (Wildman–Crippen LogP) is 1.33. The summed E-state index contributed by atoms with van der Waals surface area (Å²) in [4.78, 5) is 25.6. The van der Waals surface area contributed by atoms with E-state index in [0.717, 1.165) is 5.56 Å². The summed E-state index contributed by atoms with van der Waals surface area (Å²) in [6.45, 7) is 0.771. The Kier molecular flexibility index (Phi) is 3.27. The molecule has 24 heavy (non-hydrogen) atoms. The Morgan fingerprint density at radius 1 is 1.38 bits per heavy atom. The Labute approximate surface area is 137 Å². The maximum absolute atomic E-state index is 12.2. The lowest BCUT2D eigenvalue weighted by Crippen LogP contribution is -2.39. The molecular weight excluding hydrogens is 312 g/mol. The van der Waals surface area contributed by atoms with Crippen molar-refractivity contribution >= 4 is 12.0 Å². The molecule has 2 amide bonds. The molecular formula is C16H16N4O4. The van der Waals surface area contributed by atoms with Crippen molar-refractivity contribution in [3.8, 4) is 0 Å². The van der Waals surface area contributed by atoms with Gasteiger partial charge in [-0.1, -0.05) is 30.3 Å². The van der Waals surface area contributed by atoms with Crippen LogP contribution in [0.15, 0.2) is 36.5 Å². The third-order valence-electron chi connectivity index (χ3n) is 4.47. The molecule has 0 aliphatic carbocycles. The summed E-state index contributed by atoms with van der Waals surface area (Å²) in [5, 5.41) is 15.2. The summed E-state index contributed by atoms with van der Waals surface area (Å²) in [5.41, 5.74) is 2.19. The van der Waals surface area contributed by atoms with Crippen LogP contribution in [0.25, 0.3) is 0 Å². The van der Waals surface area contributed by atoms with Crippen molar-refractivity contribution in [1.82, 2.24) is 19.7 Å². The number of carbonyl (C=O) groups is 2. The number of ether oxygens (including phenoxy) is 1. The number of hydrogen-bond donors (Lipinski definition) is 1. The van der Waals surface area contributed by atoms with Crippen LogP contribution in [-0.2, 0) is 16.1 Å². The van der Waals surface area contributed by atoms with Crippen LogP contribution in [0, 0.1) is 0 Å². The largest absolute Gasteiger partial charge is 0.467 e. The normalized spacial score (nSPS) is 21.8. The molecule has 2 aromatic rings. The molecule has 2 bridgehead atoms. The summed E-state index contributed by atoms with van der Waals surface area (Å²) in [7, 11) is 1.27. The fourth-order valence-corrected chi connectivity index (χ4v) is 3.32. The third kappa shape index (κ3) is 2.07.